The number of carbonyl (C=O) groups excluding carboxylic acids is 2. The van der Waals surface area contributed by atoms with Gasteiger partial charge < -0.3 is 20.3 Å². The van der Waals surface area contributed by atoms with Crippen molar-refractivity contribution in [2.45, 2.75) is 31.7 Å². The second-order valence-corrected chi connectivity index (χ2v) is 7.60. The van der Waals surface area contributed by atoms with Gasteiger partial charge in [-0.3, -0.25) is 9.59 Å². The van der Waals surface area contributed by atoms with Crippen LogP contribution in [0.3, 0.4) is 0 Å². The zero-order valence-corrected chi connectivity index (χ0v) is 16.0. The predicted octanol–water partition coefficient (Wildman–Crippen LogP) is 2.49. The van der Waals surface area contributed by atoms with E-state index in [4.69, 9.17) is 4.74 Å². The van der Waals surface area contributed by atoms with Gasteiger partial charge in [-0.25, -0.2) is 4.98 Å². The molecule has 1 aromatic heterocycles. The number of ether oxygens (including phenoxy) is 1. The summed E-state index contributed by atoms with van der Waals surface area (Å²) in [5.74, 6) is -0.319. The molecule has 2 N–H and O–H groups in total. The minimum Gasteiger partial charge on any atom is -0.495 e. The first-order valence-electron chi connectivity index (χ1n) is 9.09. The van der Waals surface area contributed by atoms with E-state index in [1.54, 1.807) is 24.5 Å². The van der Waals surface area contributed by atoms with Crippen LogP contribution in [0.5, 0.6) is 5.75 Å². The van der Waals surface area contributed by atoms with Gasteiger partial charge in [0.05, 0.1) is 31.0 Å². The van der Waals surface area contributed by atoms with Crippen molar-refractivity contribution in [1.82, 2.24) is 10.3 Å². The molecule has 8 heteroatoms. The number of para-hydroxylation sites is 1. The number of anilines is 2. The minimum absolute atomic E-state index is 0.127. The molecule has 0 saturated carbocycles. The first-order valence-corrected chi connectivity index (χ1v) is 9.97. The van der Waals surface area contributed by atoms with Crippen LogP contribution in [0.4, 0.5) is 10.8 Å². The number of hydrogen-bond donors (Lipinski definition) is 2. The average Bonchev–Trinajstić information content (AvgIpc) is 3.36. The van der Waals surface area contributed by atoms with Crippen LogP contribution in [0, 0.1) is 0 Å². The molecule has 0 spiro atoms. The number of carbonyl (C=O) groups is 2. The molecule has 0 aliphatic carbocycles. The van der Waals surface area contributed by atoms with Crippen molar-refractivity contribution in [2.24, 2.45) is 0 Å². The fourth-order valence-electron chi connectivity index (χ4n) is 3.59. The van der Waals surface area contributed by atoms with Crippen LogP contribution in [0.2, 0.25) is 0 Å². The van der Waals surface area contributed by atoms with Crippen LogP contribution in [-0.2, 0) is 16.1 Å². The Hall–Kier alpha value is -2.61. The Morgan fingerprint density at radius 1 is 1.41 bits per heavy atom. The minimum atomic E-state index is -0.527. The molecule has 27 heavy (non-hydrogen) atoms. The van der Waals surface area contributed by atoms with E-state index in [2.05, 4.69) is 20.5 Å². The van der Waals surface area contributed by atoms with Crippen LogP contribution in [0.15, 0.2) is 23.6 Å². The second-order valence-electron chi connectivity index (χ2n) is 6.76. The van der Waals surface area contributed by atoms with Crippen molar-refractivity contribution >= 4 is 34.0 Å². The summed E-state index contributed by atoms with van der Waals surface area (Å²) in [4.78, 5) is 31.8. The zero-order valence-electron chi connectivity index (χ0n) is 15.2. The van der Waals surface area contributed by atoms with Gasteiger partial charge in [-0.05, 0) is 24.5 Å². The molecule has 3 heterocycles. The fourth-order valence-corrected chi connectivity index (χ4v) is 4.47. The summed E-state index contributed by atoms with van der Waals surface area (Å²) in [5, 5.41) is 8.75. The van der Waals surface area contributed by atoms with E-state index < -0.39 is 5.92 Å². The van der Waals surface area contributed by atoms with Crippen molar-refractivity contribution in [3.63, 3.8) is 0 Å². The highest BCUT2D eigenvalue weighted by molar-refractivity contribution is 7.13. The van der Waals surface area contributed by atoms with Gasteiger partial charge in [-0.15, -0.1) is 11.3 Å². The average molecular weight is 386 g/mol. The first-order chi connectivity index (χ1) is 13.2. The molecule has 1 saturated heterocycles. The van der Waals surface area contributed by atoms with Gasteiger partial charge in [0, 0.05) is 24.9 Å². The molecule has 2 aliphatic heterocycles. The Kier molecular flexibility index (Phi) is 4.98. The first kappa shape index (κ1) is 17.8. The number of aromatic nitrogens is 1. The van der Waals surface area contributed by atoms with Crippen LogP contribution in [0.25, 0.3) is 0 Å². The molecule has 2 aromatic rings. The van der Waals surface area contributed by atoms with Gasteiger partial charge in [-0.2, -0.15) is 0 Å². The van der Waals surface area contributed by atoms with E-state index in [1.165, 1.54) is 12.8 Å². The molecule has 1 atom stereocenters. The highest BCUT2D eigenvalue weighted by atomic mass is 32.1. The fraction of sp³-hybridized carbons (Fsp3) is 0.421. The van der Waals surface area contributed by atoms with Gasteiger partial charge >= 0.3 is 0 Å². The molecular weight excluding hydrogens is 364 g/mol. The van der Waals surface area contributed by atoms with Crippen LogP contribution in [-0.4, -0.2) is 37.0 Å². The highest BCUT2D eigenvalue weighted by Crippen LogP contribution is 2.38. The number of benzene rings is 1. The molecular formula is C19H22N4O3S. The van der Waals surface area contributed by atoms with Gasteiger partial charge in [0.15, 0.2) is 5.13 Å². The van der Waals surface area contributed by atoms with Crippen LogP contribution >= 0.6 is 11.3 Å². The predicted molar refractivity (Wildman–Crippen MR) is 104 cm³/mol. The SMILES string of the molecule is COc1cccc2c1NC(=O)C[C@H]2C(=O)NCc1csc(N2CCCC2)n1. The molecule has 142 valence electrons. The zero-order chi connectivity index (χ0) is 18.8. The van der Waals surface area contributed by atoms with Gasteiger partial charge in [0.1, 0.15) is 5.75 Å². The standard InChI is InChI=1S/C19H22N4O3S/c1-26-15-6-4-5-13-14(9-16(24)22-17(13)15)18(25)20-10-12-11-27-19(21-12)23-7-2-3-8-23/h4-6,11,14H,2-3,7-10H2,1H3,(H,20,25)(H,22,24)/t14-/m1/s1. The number of methoxy groups -OCH3 is 1. The summed E-state index contributed by atoms with van der Waals surface area (Å²) in [6, 6.07) is 5.46. The lowest BCUT2D eigenvalue weighted by Crippen LogP contribution is -2.35. The number of amides is 2. The monoisotopic (exact) mass is 386 g/mol. The number of nitrogens with zero attached hydrogens (tertiary/aromatic N) is 2. The molecule has 0 bridgehead atoms. The maximum Gasteiger partial charge on any atom is 0.228 e. The Morgan fingerprint density at radius 2 is 2.22 bits per heavy atom. The molecule has 0 unspecified atom stereocenters. The van der Waals surface area contributed by atoms with Crippen molar-refractivity contribution in [3.05, 3.63) is 34.8 Å². The van der Waals surface area contributed by atoms with Crippen LogP contribution in [0.1, 0.15) is 36.4 Å². The van der Waals surface area contributed by atoms with Gasteiger partial charge in [0.2, 0.25) is 11.8 Å². The molecule has 2 amide bonds. The Balaban J connectivity index is 1.45. The van der Waals surface area contributed by atoms with Crippen molar-refractivity contribution < 1.29 is 14.3 Å². The van der Waals surface area contributed by atoms with Gasteiger partial charge in [0.25, 0.3) is 0 Å². The number of hydrogen-bond acceptors (Lipinski definition) is 6. The quantitative estimate of drug-likeness (QED) is 0.825. The van der Waals surface area contributed by atoms with E-state index in [1.807, 2.05) is 17.5 Å². The lowest BCUT2D eigenvalue weighted by molar-refractivity contribution is -0.126. The lowest BCUT2D eigenvalue weighted by atomic mass is 9.89. The third-order valence-corrected chi connectivity index (χ3v) is 5.93. The molecule has 4 rings (SSSR count). The smallest absolute Gasteiger partial charge is 0.228 e. The Bertz CT molecular complexity index is 860. The lowest BCUT2D eigenvalue weighted by Gasteiger charge is -2.26. The van der Waals surface area contributed by atoms with Crippen molar-refractivity contribution in [1.29, 1.82) is 0 Å². The summed E-state index contributed by atoms with van der Waals surface area (Å²) in [6.07, 6.45) is 2.54. The van der Waals surface area contributed by atoms with Gasteiger partial charge in [-0.1, -0.05) is 12.1 Å². The second kappa shape index (κ2) is 7.56. The third kappa shape index (κ3) is 3.62. The molecule has 7 nitrogen and oxygen atoms in total. The molecule has 1 fully saturated rings. The maximum atomic E-state index is 12.8. The summed E-state index contributed by atoms with van der Waals surface area (Å²) < 4.78 is 5.31. The maximum absolute atomic E-state index is 12.8. The highest BCUT2D eigenvalue weighted by Gasteiger charge is 2.32. The summed E-state index contributed by atoms with van der Waals surface area (Å²) in [6.45, 7) is 2.46. The normalized spacial score (nSPS) is 18.8. The number of thiazole rings is 1. The Labute approximate surface area is 161 Å². The number of fused-ring (bicyclic) bond motifs is 1. The largest absolute Gasteiger partial charge is 0.495 e. The van der Waals surface area contributed by atoms with Crippen molar-refractivity contribution in [3.8, 4) is 5.75 Å². The summed E-state index contributed by atoms with van der Waals surface area (Å²) >= 11 is 1.61. The third-order valence-electron chi connectivity index (χ3n) is 4.98. The molecule has 2 aliphatic rings. The van der Waals surface area contributed by atoms with Crippen LogP contribution < -0.4 is 20.3 Å². The van der Waals surface area contributed by atoms with E-state index in [9.17, 15) is 9.59 Å². The number of rotatable bonds is 5. The van der Waals surface area contributed by atoms with E-state index in [0.29, 0.717) is 18.0 Å². The molecule has 1 aromatic carbocycles. The van der Waals surface area contributed by atoms with E-state index in [0.717, 1.165) is 29.5 Å². The van der Waals surface area contributed by atoms with E-state index >= 15 is 0 Å². The summed E-state index contributed by atoms with van der Waals surface area (Å²) in [5.41, 5.74) is 2.21. The number of nitrogens with one attached hydrogen (secondary N) is 2. The van der Waals surface area contributed by atoms with Crippen molar-refractivity contribution in [2.75, 3.05) is 30.4 Å². The summed E-state index contributed by atoms with van der Waals surface area (Å²) in [7, 11) is 1.55. The topological polar surface area (TPSA) is 83.6 Å². The Morgan fingerprint density at radius 3 is 3.00 bits per heavy atom. The van der Waals surface area contributed by atoms with E-state index in [-0.39, 0.29) is 18.2 Å². The molecule has 0 radical (unpaired) electrons.